The predicted octanol–water partition coefficient (Wildman–Crippen LogP) is 1.49. The molecule has 2 rings (SSSR count). The van der Waals surface area contributed by atoms with Gasteiger partial charge in [0.2, 0.25) is 5.82 Å². The lowest BCUT2D eigenvalue weighted by Crippen LogP contribution is -2.47. The van der Waals surface area contributed by atoms with Gasteiger partial charge in [-0.15, -0.1) is 10.2 Å². The maximum absolute atomic E-state index is 12.7. The Hall–Kier alpha value is -1.15. The number of hydrogen-bond acceptors (Lipinski definition) is 4. The van der Waals surface area contributed by atoms with Crippen molar-refractivity contribution in [1.29, 1.82) is 0 Å². The number of nitrogens with two attached hydrogens (primary N) is 1. The minimum Gasteiger partial charge on any atom is -0.326 e. The van der Waals surface area contributed by atoms with Gasteiger partial charge in [0.1, 0.15) is 5.82 Å². The molecule has 114 valence electrons. The summed E-state index contributed by atoms with van der Waals surface area (Å²) in [6.07, 6.45) is -4.45. The Morgan fingerprint density at radius 3 is 2.40 bits per heavy atom. The Morgan fingerprint density at radius 2 is 1.85 bits per heavy atom. The van der Waals surface area contributed by atoms with Crippen LogP contribution >= 0.6 is 0 Å². The smallest absolute Gasteiger partial charge is 0.326 e. The predicted molar refractivity (Wildman–Crippen MR) is 67.7 cm³/mol. The minimum atomic E-state index is -4.45. The van der Waals surface area contributed by atoms with Crippen molar-refractivity contribution >= 4 is 0 Å². The molecule has 0 saturated carbocycles. The summed E-state index contributed by atoms with van der Waals surface area (Å²) < 4.78 is 39.3. The number of aromatic nitrogens is 3. The number of halogens is 3. The van der Waals surface area contributed by atoms with Gasteiger partial charge in [-0.25, -0.2) is 0 Å². The standard InChI is InChI=1S/C12H20F3N5/c1-11(2,3)8(16)6-19-4-5-20-9(7-19)17-18-10(20)12(13,14)15/h8H,4-7,16H2,1-3H3. The normalized spacial score (nSPS) is 18.9. The fourth-order valence-corrected chi connectivity index (χ4v) is 2.13. The third-order valence-corrected chi connectivity index (χ3v) is 3.65. The van der Waals surface area contributed by atoms with Gasteiger partial charge in [-0.3, -0.25) is 4.90 Å². The van der Waals surface area contributed by atoms with Crippen LogP contribution in [0.4, 0.5) is 13.2 Å². The van der Waals surface area contributed by atoms with E-state index in [0.717, 1.165) is 4.57 Å². The zero-order valence-electron chi connectivity index (χ0n) is 11.9. The van der Waals surface area contributed by atoms with Gasteiger partial charge >= 0.3 is 6.18 Å². The molecule has 1 aliphatic rings. The van der Waals surface area contributed by atoms with Crippen LogP contribution in [0.25, 0.3) is 0 Å². The average molecular weight is 291 g/mol. The first kappa shape index (κ1) is 15.2. The molecule has 0 spiro atoms. The maximum atomic E-state index is 12.7. The van der Waals surface area contributed by atoms with E-state index in [2.05, 4.69) is 10.2 Å². The van der Waals surface area contributed by atoms with Crippen LogP contribution in [0, 0.1) is 5.41 Å². The summed E-state index contributed by atoms with van der Waals surface area (Å²) in [5, 5.41) is 6.91. The second-order valence-corrected chi connectivity index (χ2v) is 6.30. The SMILES string of the molecule is CC(C)(C)C(N)CN1CCn2c(nnc2C(F)(F)F)C1. The molecule has 0 saturated heterocycles. The van der Waals surface area contributed by atoms with Crippen molar-refractivity contribution in [2.45, 2.75) is 46.1 Å². The third-order valence-electron chi connectivity index (χ3n) is 3.65. The fraction of sp³-hybridized carbons (Fsp3) is 0.833. The molecule has 0 bridgehead atoms. The first-order valence-corrected chi connectivity index (χ1v) is 6.56. The van der Waals surface area contributed by atoms with Crippen molar-refractivity contribution in [3.63, 3.8) is 0 Å². The third kappa shape index (κ3) is 3.12. The van der Waals surface area contributed by atoms with E-state index in [9.17, 15) is 13.2 Å². The molecule has 8 heteroatoms. The summed E-state index contributed by atoms with van der Waals surface area (Å²) in [7, 11) is 0. The van der Waals surface area contributed by atoms with E-state index in [1.165, 1.54) is 0 Å². The number of alkyl halides is 3. The topological polar surface area (TPSA) is 60.0 Å². The molecule has 1 aliphatic heterocycles. The lowest BCUT2D eigenvalue weighted by atomic mass is 9.87. The Morgan fingerprint density at radius 1 is 1.20 bits per heavy atom. The van der Waals surface area contributed by atoms with Gasteiger partial charge < -0.3 is 10.3 Å². The van der Waals surface area contributed by atoms with Crippen LogP contribution in [0.1, 0.15) is 32.4 Å². The van der Waals surface area contributed by atoms with Crippen molar-refractivity contribution < 1.29 is 13.2 Å². The van der Waals surface area contributed by atoms with Crippen LogP contribution in [-0.4, -0.2) is 38.8 Å². The Bertz CT molecular complexity index is 474. The summed E-state index contributed by atoms with van der Waals surface area (Å²) >= 11 is 0. The molecule has 2 heterocycles. The highest BCUT2D eigenvalue weighted by Gasteiger charge is 2.39. The molecule has 0 radical (unpaired) electrons. The van der Waals surface area contributed by atoms with Crippen molar-refractivity contribution in [2.24, 2.45) is 11.1 Å². The first-order chi connectivity index (χ1) is 9.09. The summed E-state index contributed by atoms with van der Waals surface area (Å²) in [6, 6.07) is -0.0425. The van der Waals surface area contributed by atoms with Crippen LogP contribution < -0.4 is 5.73 Å². The van der Waals surface area contributed by atoms with Crippen LogP contribution in [0.15, 0.2) is 0 Å². The van der Waals surface area contributed by atoms with E-state index in [-0.39, 0.29) is 18.0 Å². The Labute approximate surface area is 115 Å². The minimum absolute atomic E-state index is 0.0394. The molecule has 20 heavy (non-hydrogen) atoms. The summed E-state index contributed by atoms with van der Waals surface area (Å²) in [6.45, 7) is 7.90. The molecular weight excluding hydrogens is 271 g/mol. The molecule has 1 unspecified atom stereocenters. The summed E-state index contributed by atoms with van der Waals surface area (Å²) in [5.41, 5.74) is 6.07. The number of hydrogen-bond donors (Lipinski definition) is 1. The van der Waals surface area contributed by atoms with Gasteiger partial charge in [0, 0.05) is 25.7 Å². The van der Waals surface area contributed by atoms with Crippen LogP contribution in [-0.2, 0) is 19.3 Å². The molecule has 2 N–H and O–H groups in total. The fourth-order valence-electron chi connectivity index (χ4n) is 2.13. The average Bonchev–Trinajstić information content (AvgIpc) is 2.70. The number of rotatable bonds is 2. The van der Waals surface area contributed by atoms with E-state index in [0.29, 0.717) is 25.5 Å². The molecule has 0 amide bonds. The molecule has 0 aliphatic carbocycles. The van der Waals surface area contributed by atoms with Gasteiger partial charge in [-0.1, -0.05) is 20.8 Å². The van der Waals surface area contributed by atoms with Crippen molar-refractivity contribution in [3.8, 4) is 0 Å². The lowest BCUT2D eigenvalue weighted by molar-refractivity contribution is -0.148. The quantitative estimate of drug-likeness (QED) is 0.897. The van der Waals surface area contributed by atoms with Crippen molar-refractivity contribution in [3.05, 3.63) is 11.6 Å². The largest absolute Gasteiger partial charge is 0.451 e. The Balaban J connectivity index is 2.08. The lowest BCUT2D eigenvalue weighted by Gasteiger charge is -2.34. The van der Waals surface area contributed by atoms with Gasteiger partial charge in [0.15, 0.2) is 0 Å². The zero-order chi connectivity index (χ0) is 15.1. The number of nitrogens with zero attached hydrogens (tertiary/aromatic N) is 4. The summed E-state index contributed by atoms with van der Waals surface area (Å²) in [5.74, 6) is -0.558. The van der Waals surface area contributed by atoms with Crippen molar-refractivity contribution in [1.82, 2.24) is 19.7 Å². The highest BCUT2D eigenvalue weighted by molar-refractivity contribution is 5.02. The number of fused-ring (bicyclic) bond motifs is 1. The first-order valence-electron chi connectivity index (χ1n) is 6.56. The molecule has 1 aromatic heterocycles. The van der Waals surface area contributed by atoms with Gasteiger partial charge in [0.05, 0.1) is 6.54 Å². The highest BCUT2D eigenvalue weighted by Crippen LogP contribution is 2.29. The van der Waals surface area contributed by atoms with E-state index in [1.54, 1.807) is 0 Å². The molecule has 1 aromatic rings. The van der Waals surface area contributed by atoms with E-state index in [4.69, 9.17) is 5.73 Å². The van der Waals surface area contributed by atoms with Gasteiger partial charge in [0.25, 0.3) is 0 Å². The molecule has 0 fully saturated rings. The van der Waals surface area contributed by atoms with Gasteiger partial charge in [-0.2, -0.15) is 13.2 Å². The molecular formula is C12H20F3N5. The monoisotopic (exact) mass is 291 g/mol. The van der Waals surface area contributed by atoms with E-state index < -0.39 is 12.0 Å². The maximum Gasteiger partial charge on any atom is 0.451 e. The van der Waals surface area contributed by atoms with Gasteiger partial charge in [-0.05, 0) is 5.41 Å². The molecule has 0 aromatic carbocycles. The molecule has 5 nitrogen and oxygen atoms in total. The summed E-state index contributed by atoms with van der Waals surface area (Å²) in [4.78, 5) is 2.03. The van der Waals surface area contributed by atoms with E-state index in [1.807, 2.05) is 25.7 Å². The van der Waals surface area contributed by atoms with Crippen LogP contribution in [0.5, 0.6) is 0 Å². The van der Waals surface area contributed by atoms with Crippen LogP contribution in [0.3, 0.4) is 0 Å². The second kappa shape index (κ2) is 5.00. The second-order valence-electron chi connectivity index (χ2n) is 6.30. The van der Waals surface area contributed by atoms with Crippen LogP contribution in [0.2, 0.25) is 0 Å². The molecule has 1 atom stereocenters. The van der Waals surface area contributed by atoms with E-state index >= 15 is 0 Å². The van der Waals surface area contributed by atoms with Crippen molar-refractivity contribution in [2.75, 3.05) is 13.1 Å². The zero-order valence-corrected chi connectivity index (χ0v) is 11.9. The Kier molecular flexibility index (Phi) is 3.81. The highest BCUT2D eigenvalue weighted by atomic mass is 19.4.